The molecular formula is C16H16BrN3O4S. The van der Waals surface area contributed by atoms with Crippen LogP contribution >= 0.6 is 15.9 Å². The number of halogens is 1. The Hall–Kier alpha value is -2.23. The van der Waals surface area contributed by atoms with Crippen molar-refractivity contribution in [2.75, 3.05) is 5.32 Å². The summed E-state index contributed by atoms with van der Waals surface area (Å²) in [6.07, 6.45) is 0. The molecule has 0 unspecified atom stereocenters. The molecule has 7 nitrogen and oxygen atoms in total. The molecule has 0 aliphatic heterocycles. The van der Waals surface area contributed by atoms with Crippen LogP contribution in [0.4, 0.5) is 5.69 Å². The summed E-state index contributed by atoms with van der Waals surface area (Å²) in [5.41, 5.74) is 2.13. The standard InChI is InChI=1S/C16H16BrN3O4S/c1-10-2-7-14(13(17)8-10)20-16(22)15(21)19-9-11-3-5-12(6-4-11)25(18,23)24/h2-8H,9H2,1H3,(H,19,21)(H,20,22)(H2,18,23,24). The third kappa shape index (κ3) is 5.38. The van der Waals surface area contributed by atoms with Crippen LogP contribution in [-0.4, -0.2) is 20.2 Å². The summed E-state index contributed by atoms with van der Waals surface area (Å²) in [7, 11) is -3.76. The Labute approximate surface area is 153 Å². The molecule has 4 N–H and O–H groups in total. The van der Waals surface area contributed by atoms with Crippen LogP contribution < -0.4 is 15.8 Å². The lowest BCUT2D eigenvalue weighted by Crippen LogP contribution is -2.35. The molecule has 0 bridgehead atoms. The van der Waals surface area contributed by atoms with Gasteiger partial charge in [-0.05, 0) is 58.2 Å². The van der Waals surface area contributed by atoms with E-state index < -0.39 is 21.8 Å². The molecule has 132 valence electrons. The van der Waals surface area contributed by atoms with Gasteiger partial charge in [0.05, 0.1) is 10.6 Å². The largest absolute Gasteiger partial charge is 0.344 e. The number of amides is 2. The third-order valence-electron chi connectivity index (χ3n) is 3.28. The number of primary sulfonamides is 1. The summed E-state index contributed by atoms with van der Waals surface area (Å²) in [6.45, 7) is 1.98. The first-order valence-corrected chi connectivity index (χ1v) is 9.48. The smallest absolute Gasteiger partial charge is 0.313 e. The van der Waals surface area contributed by atoms with Gasteiger partial charge in [0.25, 0.3) is 0 Å². The maximum absolute atomic E-state index is 11.9. The first-order valence-electron chi connectivity index (χ1n) is 7.14. The van der Waals surface area contributed by atoms with E-state index in [2.05, 4.69) is 26.6 Å². The molecule has 0 aromatic heterocycles. The third-order valence-corrected chi connectivity index (χ3v) is 4.87. The summed E-state index contributed by atoms with van der Waals surface area (Å²) in [4.78, 5) is 23.8. The van der Waals surface area contributed by atoms with Crippen LogP contribution in [0.3, 0.4) is 0 Å². The fraction of sp³-hybridized carbons (Fsp3) is 0.125. The van der Waals surface area contributed by atoms with Gasteiger partial charge in [0.2, 0.25) is 10.0 Å². The fourth-order valence-electron chi connectivity index (χ4n) is 1.96. The van der Waals surface area contributed by atoms with E-state index in [9.17, 15) is 18.0 Å². The average molecular weight is 426 g/mol. The van der Waals surface area contributed by atoms with Crippen molar-refractivity contribution >= 4 is 43.5 Å². The average Bonchev–Trinajstić information content (AvgIpc) is 2.54. The molecule has 2 rings (SSSR count). The van der Waals surface area contributed by atoms with Crippen molar-refractivity contribution in [3.05, 3.63) is 58.1 Å². The Kier molecular flexibility index (Phi) is 5.93. The van der Waals surface area contributed by atoms with Crippen molar-refractivity contribution in [2.24, 2.45) is 5.14 Å². The number of carbonyl (C=O) groups is 2. The minimum absolute atomic E-state index is 0.0236. The maximum atomic E-state index is 11.9. The number of carbonyl (C=O) groups excluding carboxylic acids is 2. The van der Waals surface area contributed by atoms with Gasteiger partial charge in [-0.25, -0.2) is 13.6 Å². The lowest BCUT2D eigenvalue weighted by molar-refractivity contribution is -0.136. The quantitative estimate of drug-likeness (QED) is 0.645. The van der Waals surface area contributed by atoms with Gasteiger partial charge in [-0.15, -0.1) is 0 Å². The molecule has 25 heavy (non-hydrogen) atoms. The summed E-state index contributed by atoms with van der Waals surface area (Å²) in [5.74, 6) is -1.60. The van der Waals surface area contributed by atoms with Crippen LogP contribution in [0.1, 0.15) is 11.1 Å². The number of hydrogen-bond acceptors (Lipinski definition) is 4. The molecule has 2 aromatic rings. The molecule has 0 aliphatic rings. The second-order valence-electron chi connectivity index (χ2n) is 5.31. The molecule has 2 aromatic carbocycles. The predicted molar refractivity (Wildman–Crippen MR) is 97.2 cm³/mol. The highest BCUT2D eigenvalue weighted by atomic mass is 79.9. The van der Waals surface area contributed by atoms with Gasteiger partial charge in [-0.2, -0.15) is 0 Å². The van der Waals surface area contributed by atoms with E-state index >= 15 is 0 Å². The highest BCUT2D eigenvalue weighted by Crippen LogP contribution is 2.23. The Bertz CT molecular complexity index is 911. The highest BCUT2D eigenvalue weighted by molar-refractivity contribution is 9.10. The zero-order valence-corrected chi connectivity index (χ0v) is 15.6. The summed E-state index contributed by atoms with van der Waals surface area (Å²) in [6, 6.07) is 11.0. The van der Waals surface area contributed by atoms with E-state index in [1.54, 1.807) is 6.07 Å². The van der Waals surface area contributed by atoms with Gasteiger partial charge in [0.15, 0.2) is 0 Å². The Morgan fingerprint density at radius 1 is 1.08 bits per heavy atom. The molecule has 0 atom stereocenters. The number of anilines is 1. The van der Waals surface area contributed by atoms with Crippen LogP contribution in [0.15, 0.2) is 51.8 Å². The summed E-state index contributed by atoms with van der Waals surface area (Å²) < 4.78 is 23.0. The Morgan fingerprint density at radius 2 is 1.72 bits per heavy atom. The van der Waals surface area contributed by atoms with Crippen LogP contribution in [0, 0.1) is 6.92 Å². The fourth-order valence-corrected chi connectivity index (χ4v) is 3.07. The van der Waals surface area contributed by atoms with Gasteiger partial charge >= 0.3 is 11.8 Å². The minimum atomic E-state index is -3.76. The second-order valence-corrected chi connectivity index (χ2v) is 7.72. The van der Waals surface area contributed by atoms with Crippen molar-refractivity contribution in [3.8, 4) is 0 Å². The molecule has 0 fully saturated rings. The highest BCUT2D eigenvalue weighted by Gasteiger charge is 2.15. The number of nitrogens with one attached hydrogen (secondary N) is 2. The predicted octanol–water partition coefficient (Wildman–Crippen LogP) is 1.66. The lowest BCUT2D eigenvalue weighted by Gasteiger charge is -2.09. The van der Waals surface area contributed by atoms with Gasteiger partial charge in [-0.3, -0.25) is 9.59 Å². The summed E-state index contributed by atoms with van der Waals surface area (Å²) in [5, 5.41) is 9.98. The number of nitrogens with two attached hydrogens (primary N) is 1. The van der Waals surface area contributed by atoms with Crippen molar-refractivity contribution in [1.29, 1.82) is 0 Å². The number of benzene rings is 2. The van der Waals surface area contributed by atoms with Crippen molar-refractivity contribution < 1.29 is 18.0 Å². The van der Waals surface area contributed by atoms with Crippen LogP contribution in [0.5, 0.6) is 0 Å². The van der Waals surface area contributed by atoms with E-state index in [1.807, 2.05) is 19.1 Å². The monoisotopic (exact) mass is 425 g/mol. The van der Waals surface area contributed by atoms with Crippen LogP contribution in [0.25, 0.3) is 0 Å². The van der Waals surface area contributed by atoms with Crippen molar-refractivity contribution in [3.63, 3.8) is 0 Å². The first kappa shape index (κ1) is 19.1. The Morgan fingerprint density at radius 3 is 2.28 bits per heavy atom. The molecule has 0 radical (unpaired) electrons. The SMILES string of the molecule is Cc1ccc(NC(=O)C(=O)NCc2ccc(S(N)(=O)=O)cc2)c(Br)c1. The molecule has 0 saturated heterocycles. The molecule has 0 heterocycles. The van der Waals surface area contributed by atoms with Gasteiger partial charge in [0.1, 0.15) is 0 Å². The van der Waals surface area contributed by atoms with E-state index in [4.69, 9.17) is 5.14 Å². The normalized spacial score (nSPS) is 11.0. The molecule has 0 aliphatic carbocycles. The zero-order valence-electron chi connectivity index (χ0n) is 13.2. The topological polar surface area (TPSA) is 118 Å². The van der Waals surface area contributed by atoms with E-state index in [0.29, 0.717) is 15.7 Å². The van der Waals surface area contributed by atoms with Crippen molar-refractivity contribution in [2.45, 2.75) is 18.4 Å². The van der Waals surface area contributed by atoms with E-state index in [0.717, 1.165) is 5.56 Å². The molecule has 2 amide bonds. The molecular weight excluding hydrogens is 410 g/mol. The lowest BCUT2D eigenvalue weighted by atomic mass is 10.2. The molecule has 0 saturated carbocycles. The molecule has 9 heteroatoms. The zero-order chi connectivity index (χ0) is 18.6. The number of sulfonamides is 1. The minimum Gasteiger partial charge on any atom is -0.344 e. The van der Waals surface area contributed by atoms with Crippen molar-refractivity contribution in [1.82, 2.24) is 5.32 Å². The second kappa shape index (κ2) is 7.77. The van der Waals surface area contributed by atoms with Gasteiger partial charge in [-0.1, -0.05) is 18.2 Å². The van der Waals surface area contributed by atoms with Gasteiger partial charge in [0, 0.05) is 11.0 Å². The van der Waals surface area contributed by atoms with Gasteiger partial charge < -0.3 is 10.6 Å². The molecule has 0 spiro atoms. The summed E-state index contributed by atoms with van der Waals surface area (Å²) >= 11 is 3.32. The van der Waals surface area contributed by atoms with E-state index in [1.165, 1.54) is 24.3 Å². The maximum Gasteiger partial charge on any atom is 0.313 e. The van der Waals surface area contributed by atoms with E-state index in [-0.39, 0.29) is 11.4 Å². The first-order chi connectivity index (χ1) is 11.7. The number of aryl methyl sites for hydroxylation is 1. The van der Waals surface area contributed by atoms with Crippen LogP contribution in [-0.2, 0) is 26.2 Å². The number of rotatable bonds is 4. The van der Waals surface area contributed by atoms with Crippen LogP contribution in [0.2, 0.25) is 0 Å². The number of hydrogen-bond donors (Lipinski definition) is 3. The Balaban J connectivity index is 1.94.